The second kappa shape index (κ2) is 8.86. The zero-order chi connectivity index (χ0) is 15.1. The summed E-state index contributed by atoms with van der Waals surface area (Å²) in [6, 6.07) is 5.43. The number of likely N-dealkylation sites (tertiary alicyclic amines) is 1. The van der Waals surface area contributed by atoms with E-state index in [-0.39, 0.29) is 6.10 Å². The number of aliphatic hydroxyl groups excluding tert-OH is 1. The molecular formula is C16H28N2O2S. The van der Waals surface area contributed by atoms with Gasteiger partial charge in [-0.25, -0.2) is 0 Å². The van der Waals surface area contributed by atoms with Gasteiger partial charge in [0.2, 0.25) is 0 Å². The monoisotopic (exact) mass is 312 g/mol. The van der Waals surface area contributed by atoms with Crippen molar-refractivity contribution in [3.8, 4) is 0 Å². The molecule has 5 heteroatoms. The Balaban J connectivity index is 1.73. The standard InChI is InChI=1S/C16H28N2O2S/c1-3-15(16-5-4-10-21-16)17-13-6-8-18(9-7-13)11-14(19)12-20-2/h4-5,10,13-15,17,19H,3,6-9,11-12H2,1-2H3. The van der Waals surface area contributed by atoms with Crippen LogP contribution in [0.3, 0.4) is 0 Å². The van der Waals surface area contributed by atoms with Gasteiger partial charge in [-0.2, -0.15) is 0 Å². The number of ether oxygens (including phenoxy) is 1. The van der Waals surface area contributed by atoms with E-state index in [0.29, 0.717) is 18.7 Å². The first-order valence-corrected chi connectivity index (χ1v) is 8.79. The molecule has 1 aromatic heterocycles. The first-order valence-electron chi connectivity index (χ1n) is 7.91. The molecule has 2 rings (SSSR count). The number of methoxy groups -OCH3 is 1. The smallest absolute Gasteiger partial charge is 0.0900 e. The van der Waals surface area contributed by atoms with Crippen LogP contribution in [0, 0.1) is 0 Å². The summed E-state index contributed by atoms with van der Waals surface area (Å²) in [6.07, 6.45) is 3.07. The van der Waals surface area contributed by atoms with E-state index in [1.54, 1.807) is 7.11 Å². The number of nitrogens with one attached hydrogen (secondary N) is 1. The minimum absolute atomic E-state index is 0.367. The van der Waals surface area contributed by atoms with E-state index in [9.17, 15) is 5.11 Å². The van der Waals surface area contributed by atoms with E-state index in [2.05, 4.69) is 34.7 Å². The van der Waals surface area contributed by atoms with E-state index in [4.69, 9.17) is 4.74 Å². The van der Waals surface area contributed by atoms with Gasteiger partial charge in [0, 0.05) is 30.6 Å². The SMILES string of the molecule is CCC(NC1CCN(CC(O)COC)CC1)c1cccs1. The van der Waals surface area contributed by atoms with Crippen LogP contribution in [0.25, 0.3) is 0 Å². The molecule has 0 amide bonds. The van der Waals surface area contributed by atoms with Crippen LogP contribution in [0.2, 0.25) is 0 Å². The van der Waals surface area contributed by atoms with Crippen molar-refractivity contribution in [1.82, 2.24) is 10.2 Å². The third-order valence-electron chi connectivity index (χ3n) is 4.15. The largest absolute Gasteiger partial charge is 0.389 e. The van der Waals surface area contributed by atoms with Crippen molar-refractivity contribution in [2.75, 3.05) is 33.4 Å². The van der Waals surface area contributed by atoms with Crippen LogP contribution in [0.15, 0.2) is 17.5 Å². The average Bonchev–Trinajstić information content (AvgIpc) is 3.01. The normalized spacial score (nSPS) is 20.5. The minimum atomic E-state index is -0.367. The van der Waals surface area contributed by atoms with Crippen molar-refractivity contribution in [3.05, 3.63) is 22.4 Å². The predicted octanol–water partition coefficient (Wildman–Crippen LogP) is 2.26. The first-order chi connectivity index (χ1) is 10.2. The number of rotatable bonds is 8. The van der Waals surface area contributed by atoms with E-state index in [1.807, 2.05) is 11.3 Å². The first kappa shape index (κ1) is 16.9. The number of hydrogen-bond donors (Lipinski definition) is 2. The Bertz CT molecular complexity index is 378. The highest BCUT2D eigenvalue weighted by Crippen LogP contribution is 2.24. The van der Waals surface area contributed by atoms with Crippen LogP contribution >= 0.6 is 11.3 Å². The summed E-state index contributed by atoms with van der Waals surface area (Å²) >= 11 is 1.84. The summed E-state index contributed by atoms with van der Waals surface area (Å²) in [5.41, 5.74) is 0. The third kappa shape index (κ3) is 5.34. The van der Waals surface area contributed by atoms with Gasteiger partial charge in [-0.3, -0.25) is 0 Å². The fourth-order valence-electron chi connectivity index (χ4n) is 3.00. The molecule has 2 heterocycles. The highest BCUT2D eigenvalue weighted by atomic mass is 32.1. The van der Waals surface area contributed by atoms with Crippen molar-refractivity contribution in [2.45, 2.75) is 44.4 Å². The number of piperidine rings is 1. The van der Waals surface area contributed by atoms with Gasteiger partial charge in [0.05, 0.1) is 12.7 Å². The fourth-order valence-corrected chi connectivity index (χ4v) is 3.87. The summed E-state index contributed by atoms with van der Waals surface area (Å²) in [5.74, 6) is 0. The second-order valence-corrected chi connectivity index (χ2v) is 6.81. The van der Waals surface area contributed by atoms with E-state index in [0.717, 1.165) is 38.9 Å². The van der Waals surface area contributed by atoms with E-state index < -0.39 is 0 Å². The quantitative estimate of drug-likeness (QED) is 0.773. The Morgan fingerprint density at radius 3 is 2.81 bits per heavy atom. The number of β-amino-alcohol motifs (C(OH)–C–C–N with tert-alkyl or cyclic N) is 1. The van der Waals surface area contributed by atoms with Gasteiger partial charge in [0.1, 0.15) is 0 Å². The Labute approximate surface area is 132 Å². The Morgan fingerprint density at radius 2 is 2.24 bits per heavy atom. The maximum atomic E-state index is 9.79. The molecule has 21 heavy (non-hydrogen) atoms. The maximum absolute atomic E-state index is 9.79. The van der Waals surface area contributed by atoms with Gasteiger partial charge in [-0.15, -0.1) is 11.3 Å². The van der Waals surface area contributed by atoms with Crippen LogP contribution in [-0.4, -0.2) is 55.5 Å². The zero-order valence-electron chi connectivity index (χ0n) is 13.1. The lowest BCUT2D eigenvalue weighted by molar-refractivity contribution is 0.0307. The molecule has 0 aliphatic carbocycles. The molecule has 0 spiro atoms. The summed E-state index contributed by atoms with van der Waals surface area (Å²) in [4.78, 5) is 3.78. The van der Waals surface area contributed by atoms with Crippen molar-refractivity contribution in [1.29, 1.82) is 0 Å². The average molecular weight is 312 g/mol. The van der Waals surface area contributed by atoms with Crippen molar-refractivity contribution in [2.24, 2.45) is 0 Å². The molecule has 2 N–H and O–H groups in total. The van der Waals surface area contributed by atoms with Gasteiger partial charge in [-0.05, 0) is 43.8 Å². The lowest BCUT2D eigenvalue weighted by Crippen LogP contribution is -2.46. The molecule has 2 atom stereocenters. The Kier molecular flexibility index (Phi) is 7.13. The predicted molar refractivity (Wildman–Crippen MR) is 87.8 cm³/mol. The van der Waals surface area contributed by atoms with Crippen molar-refractivity contribution < 1.29 is 9.84 Å². The molecule has 1 aromatic rings. The second-order valence-electron chi connectivity index (χ2n) is 5.83. The molecule has 1 aliphatic rings. The van der Waals surface area contributed by atoms with Crippen LogP contribution in [0.5, 0.6) is 0 Å². The molecule has 0 aromatic carbocycles. The molecule has 1 fully saturated rings. The van der Waals surface area contributed by atoms with Crippen LogP contribution in [-0.2, 0) is 4.74 Å². The summed E-state index contributed by atoms with van der Waals surface area (Å²) < 4.78 is 4.99. The molecule has 1 aliphatic heterocycles. The molecule has 4 nitrogen and oxygen atoms in total. The van der Waals surface area contributed by atoms with Crippen LogP contribution < -0.4 is 5.32 Å². The lowest BCUT2D eigenvalue weighted by atomic mass is 10.0. The minimum Gasteiger partial charge on any atom is -0.389 e. The molecule has 120 valence electrons. The molecule has 0 bridgehead atoms. The summed E-state index contributed by atoms with van der Waals surface area (Å²) in [5, 5.41) is 15.8. The molecule has 0 saturated carbocycles. The molecule has 0 radical (unpaired) electrons. The Morgan fingerprint density at radius 1 is 1.48 bits per heavy atom. The number of aliphatic hydroxyl groups is 1. The van der Waals surface area contributed by atoms with Gasteiger partial charge < -0.3 is 20.1 Å². The van der Waals surface area contributed by atoms with Crippen molar-refractivity contribution >= 4 is 11.3 Å². The van der Waals surface area contributed by atoms with Crippen LogP contribution in [0.4, 0.5) is 0 Å². The van der Waals surface area contributed by atoms with Crippen LogP contribution in [0.1, 0.15) is 37.1 Å². The Hall–Kier alpha value is -0.460. The summed E-state index contributed by atoms with van der Waals surface area (Å²) in [6.45, 7) is 5.50. The highest BCUT2D eigenvalue weighted by Gasteiger charge is 2.23. The van der Waals surface area contributed by atoms with Crippen molar-refractivity contribution in [3.63, 3.8) is 0 Å². The fraction of sp³-hybridized carbons (Fsp3) is 0.750. The lowest BCUT2D eigenvalue weighted by Gasteiger charge is -2.35. The number of hydrogen-bond acceptors (Lipinski definition) is 5. The van der Waals surface area contributed by atoms with E-state index >= 15 is 0 Å². The molecule has 2 unspecified atom stereocenters. The maximum Gasteiger partial charge on any atom is 0.0900 e. The number of thiophene rings is 1. The third-order valence-corrected chi connectivity index (χ3v) is 5.13. The highest BCUT2D eigenvalue weighted by molar-refractivity contribution is 7.10. The summed E-state index contributed by atoms with van der Waals surface area (Å²) in [7, 11) is 1.63. The van der Waals surface area contributed by atoms with Gasteiger partial charge >= 0.3 is 0 Å². The topological polar surface area (TPSA) is 44.7 Å². The zero-order valence-corrected chi connectivity index (χ0v) is 13.9. The van der Waals surface area contributed by atoms with Gasteiger partial charge in [0.15, 0.2) is 0 Å². The van der Waals surface area contributed by atoms with Gasteiger partial charge in [0.25, 0.3) is 0 Å². The van der Waals surface area contributed by atoms with Gasteiger partial charge in [-0.1, -0.05) is 13.0 Å². The molecular weight excluding hydrogens is 284 g/mol. The number of nitrogens with zero attached hydrogens (tertiary/aromatic N) is 1. The molecule has 1 saturated heterocycles. The van der Waals surface area contributed by atoms with E-state index in [1.165, 1.54) is 4.88 Å².